The molecule has 82 valence electrons. The van der Waals surface area contributed by atoms with E-state index in [9.17, 15) is 13.2 Å². The molecule has 4 heteroatoms. The van der Waals surface area contributed by atoms with Gasteiger partial charge in [-0.25, -0.2) is 4.39 Å². The molecular weight excluding hydrogens is 191 g/mol. The first kappa shape index (κ1) is 11.6. The van der Waals surface area contributed by atoms with Gasteiger partial charge in [-0.3, -0.25) is 4.90 Å². The molecule has 1 aliphatic heterocycles. The predicted octanol–water partition coefficient (Wildman–Crippen LogP) is 2.98. The Morgan fingerprint density at radius 3 is 2.07 bits per heavy atom. The lowest BCUT2D eigenvalue weighted by molar-refractivity contribution is -0.102. The average molecular weight is 207 g/mol. The third kappa shape index (κ3) is 2.74. The Morgan fingerprint density at radius 1 is 1.14 bits per heavy atom. The van der Waals surface area contributed by atoms with Gasteiger partial charge in [0, 0.05) is 13.1 Å². The van der Waals surface area contributed by atoms with Crippen molar-refractivity contribution in [1.29, 1.82) is 0 Å². The first-order valence-corrected chi connectivity index (χ1v) is 4.97. The maximum atomic E-state index is 13.4. The summed E-state index contributed by atoms with van der Waals surface area (Å²) in [6.07, 6.45) is 1.79. The number of likely N-dealkylation sites (tertiary alicyclic amines) is 1. The first-order valence-electron chi connectivity index (χ1n) is 4.97. The molecule has 0 aliphatic carbocycles. The number of alkyl halides is 3. The van der Waals surface area contributed by atoms with Gasteiger partial charge in [-0.2, -0.15) is 8.78 Å². The van der Waals surface area contributed by atoms with Gasteiger partial charge in [0.15, 0.2) is 0 Å². The van der Waals surface area contributed by atoms with Crippen LogP contribution in [0.3, 0.4) is 0 Å². The Hall–Kier alpha value is -0.510. The van der Waals surface area contributed by atoms with Crippen molar-refractivity contribution in [2.45, 2.75) is 37.9 Å². The second-order valence-corrected chi connectivity index (χ2v) is 3.66. The third-order valence-electron chi connectivity index (χ3n) is 2.55. The van der Waals surface area contributed by atoms with Crippen molar-refractivity contribution < 1.29 is 13.2 Å². The molecule has 0 aromatic rings. The van der Waals surface area contributed by atoms with Crippen LogP contribution in [0.4, 0.5) is 13.2 Å². The third-order valence-corrected chi connectivity index (χ3v) is 2.55. The maximum absolute atomic E-state index is 13.4. The molecule has 14 heavy (non-hydrogen) atoms. The number of nitrogens with zero attached hydrogens (tertiary/aromatic N) is 1. The molecule has 1 aliphatic rings. The Kier molecular flexibility index (Phi) is 3.98. The van der Waals surface area contributed by atoms with Crippen molar-refractivity contribution in [1.82, 2.24) is 4.90 Å². The molecule has 0 radical (unpaired) electrons. The number of hydrogen-bond donors (Lipinski definition) is 0. The SMILES string of the molecule is C=CC(F)(F)C(F)N1CCCCCC1. The fraction of sp³-hybridized carbons (Fsp3) is 0.800. The number of halogens is 3. The minimum Gasteiger partial charge on any atom is -0.269 e. The molecule has 0 amide bonds. The van der Waals surface area contributed by atoms with E-state index in [0.29, 0.717) is 19.2 Å². The van der Waals surface area contributed by atoms with Gasteiger partial charge in [-0.1, -0.05) is 19.4 Å². The van der Waals surface area contributed by atoms with E-state index in [-0.39, 0.29) is 0 Å². The lowest BCUT2D eigenvalue weighted by Gasteiger charge is -2.28. The molecule has 1 atom stereocenters. The topological polar surface area (TPSA) is 3.24 Å². The monoisotopic (exact) mass is 207 g/mol. The van der Waals surface area contributed by atoms with Crippen LogP contribution in [0.15, 0.2) is 12.7 Å². The second-order valence-electron chi connectivity index (χ2n) is 3.66. The van der Waals surface area contributed by atoms with Gasteiger partial charge in [-0.05, 0) is 18.9 Å². The molecule has 1 unspecified atom stereocenters. The minimum absolute atomic E-state index is 0.391. The Balaban J connectivity index is 2.57. The quantitative estimate of drug-likeness (QED) is 0.508. The van der Waals surface area contributed by atoms with Crippen molar-refractivity contribution in [2.75, 3.05) is 13.1 Å². The summed E-state index contributed by atoms with van der Waals surface area (Å²) >= 11 is 0. The van der Waals surface area contributed by atoms with Gasteiger partial charge in [-0.15, -0.1) is 0 Å². The first-order chi connectivity index (χ1) is 6.58. The van der Waals surface area contributed by atoms with Crippen LogP contribution >= 0.6 is 0 Å². The van der Waals surface area contributed by atoms with Crippen LogP contribution in [0.25, 0.3) is 0 Å². The molecule has 1 nitrogen and oxygen atoms in total. The van der Waals surface area contributed by atoms with E-state index in [1.165, 1.54) is 4.90 Å². The molecule has 0 saturated carbocycles. The normalized spacial score (nSPS) is 22.8. The van der Waals surface area contributed by atoms with Gasteiger partial charge in [0.1, 0.15) is 0 Å². The standard InChI is InChI=1S/C10H16F3N/c1-2-10(12,13)9(11)14-7-5-3-4-6-8-14/h2,9H,1,3-8H2. The van der Waals surface area contributed by atoms with E-state index in [1.54, 1.807) is 0 Å². The largest absolute Gasteiger partial charge is 0.310 e. The predicted molar refractivity (Wildman–Crippen MR) is 50.1 cm³/mol. The summed E-state index contributed by atoms with van der Waals surface area (Å²) in [5.41, 5.74) is 0. The summed E-state index contributed by atoms with van der Waals surface area (Å²) in [4.78, 5) is 1.22. The van der Waals surface area contributed by atoms with Crippen LogP contribution in [0.2, 0.25) is 0 Å². The van der Waals surface area contributed by atoms with Gasteiger partial charge in [0.05, 0.1) is 0 Å². The van der Waals surface area contributed by atoms with Gasteiger partial charge < -0.3 is 0 Å². The summed E-state index contributed by atoms with van der Waals surface area (Å²) < 4.78 is 39.2. The number of rotatable bonds is 3. The van der Waals surface area contributed by atoms with E-state index < -0.39 is 12.2 Å². The molecule has 0 spiro atoms. The van der Waals surface area contributed by atoms with Crippen molar-refractivity contribution in [3.63, 3.8) is 0 Å². The van der Waals surface area contributed by atoms with Crippen LogP contribution < -0.4 is 0 Å². The smallest absolute Gasteiger partial charge is 0.269 e. The fourth-order valence-corrected chi connectivity index (χ4v) is 1.66. The van der Waals surface area contributed by atoms with Gasteiger partial charge >= 0.3 is 5.92 Å². The highest BCUT2D eigenvalue weighted by Gasteiger charge is 2.40. The summed E-state index contributed by atoms with van der Waals surface area (Å²) in [7, 11) is 0. The van der Waals surface area contributed by atoms with Crippen LogP contribution in [-0.4, -0.2) is 30.2 Å². The lowest BCUT2D eigenvalue weighted by Crippen LogP contribution is -2.44. The summed E-state index contributed by atoms with van der Waals surface area (Å²) in [5.74, 6) is -3.43. The molecule has 1 heterocycles. The van der Waals surface area contributed by atoms with Gasteiger partial charge in [0.2, 0.25) is 6.30 Å². The zero-order valence-corrected chi connectivity index (χ0v) is 8.19. The van der Waals surface area contributed by atoms with E-state index >= 15 is 0 Å². The molecule has 1 saturated heterocycles. The molecule has 1 fully saturated rings. The Labute approximate surface area is 82.6 Å². The van der Waals surface area contributed by atoms with Crippen molar-refractivity contribution >= 4 is 0 Å². The van der Waals surface area contributed by atoms with Crippen LogP contribution in [0, 0.1) is 0 Å². The molecular formula is C10H16F3N. The molecule has 0 aromatic heterocycles. The van der Waals surface area contributed by atoms with Crippen molar-refractivity contribution in [2.24, 2.45) is 0 Å². The van der Waals surface area contributed by atoms with Gasteiger partial charge in [0.25, 0.3) is 0 Å². The molecule has 1 rings (SSSR count). The minimum atomic E-state index is -3.43. The lowest BCUT2D eigenvalue weighted by atomic mass is 10.2. The van der Waals surface area contributed by atoms with Crippen LogP contribution in [0.5, 0.6) is 0 Å². The summed E-state index contributed by atoms with van der Waals surface area (Å²) in [6, 6.07) is 0. The Bertz CT molecular complexity index is 186. The van der Waals surface area contributed by atoms with E-state index in [0.717, 1.165) is 25.7 Å². The zero-order valence-electron chi connectivity index (χ0n) is 8.19. The molecule has 0 N–H and O–H groups in total. The zero-order chi connectivity index (χ0) is 10.6. The van der Waals surface area contributed by atoms with E-state index in [4.69, 9.17) is 0 Å². The van der Waals surface area contributed by atoms with E-state index in [1.807, 2.05) is 0 Å². The highest BCUT2D eigenvalue weighted by Crippen LogP contribution is 2.27. The van der Waals surface area contributed by atoms with Crippen LogP contribution in [-0.2, 0) is 0 Å². The summed E-state index contributed by atoms with van der Waals surface area (Å²) in [5, 5.41) is 0. The second kappa shape index (κ2) is 4.82. The fourth-order valence-electron chi connectivity index (χ4n) is 1.66. The maximum Gasteiger partial charge on any atom is 0.310 e. The highest BCUT2D eigenvalue weighted by atomic mass is 19.3. The molecule has 0 aromatic carbocycles. The van der Waals surface area contributed by atoms with Crippen molar-refractivity contribution in [3.05, 3.63) is 12.7 Å². The highest BCUT2D eigenvalue weighted by molar-refractivity contribution is 4.93. The number of hydrogen-bond acceptors (Lipinski definition) is 1. The van der Waals surface area contributed by atoms with Crippen molar-refractivity contribution in [3.8, 4) is 0 Å². The van der Waals surface area contributed by atoms with Crippen LogP contribution in [0.1, 0.15) is 25.7 Å². The Morgan fingerprint density at radius 2 is 1.64 bits per heavy atom. The summed E-state index contributed by atoms with van der Waals surface area (Å²) in [6.45, 7) is 3.80. The van der Waals surface area contributed by atoms with E-state index in [2.05, 4.69) is 6.58 Å². The average Bonchev–Trinajstić information content (AvgIpc) is 2.44. The molecule has 0 bridgehead atoms.